The third-order valence-electron chi connectivity index (χ3n) is 3.95. The number of carboxylic acid groups (broad SMARTS) is 2. The molecule has 3 N–H and O–H groups in total. The van der Waals surface area contributed by atoms with Crippen molar-refractivity contribution >= 4 is 11.9 Å². The van der Waals surface area contributed by atoms with Gasteiger partial charge in [0.05, 0.1) is 6.10 Å². The van der Waals surface area contributed by atoms with Crippen molar-refractivity contribution in [3.8, 4) is 0 Å². The van der Waals surface area contributed by atoms with E-state index in [2.05, 4.69) is 5.32 Å². The second kappa shape index (κ2) is 10.7. The summed E-state index contributed by atoms with van der Waals surface area (Å²) in [6, 6.07) is 7.42. The highest BCUT2D eigenvalue weighted by atomic mass is 19.1. The molecule has 0 radical (unpaired) electrons. The Bertz CT molecular complexity index is 525. The standard InChI is InChI=1S/C15H22FNO.C2H2O4/c1-18-15-9-5-4-8-14(15)17-11-10-12-6-2-3-7-13(12)16;3-1(4)2(5)6/h2-3,6-7,14-15,17H,4-5,8-11H2,1H3;(H,3,4)(H,5,6). The number of rotatable bonds is 5. The lowest BCUT2D eigenvalue weighted by atomic mass is 9.92. The van der Waals surface area contributed by atoms with E-state index in [1.165, 1.54) is 18.9 Å². The maximum absolute atomic E-state index is 13.4. The lowest BCUT2D eigenvalue weighted by molar-refractivity contribution is -0.159. The second-order valence-corrected chi connectivity index (χ2v) is 5.57. The predicted molar refractivity (Wildman–Crippen MR) is 86.4 cm³/mol. The Morgan fingerprint density at radius 1 is 1.21 bits per heavy atom. The fourth-order valence-corrected chi connectivity index (χ4v) is 2.71. The van der Waals surface area contributed by atoms with Gasteiger partial charge < -0.3 is 20.3 Å². The van der Waals surface area contributed by atoms with Crippen LogP contribution < -0.4 is 5.32 Å². The van der Waals surface area contributed by atoms with Gasteiger partial charge in [-0.05, 0) is 37.4 Å². The summed E-state index contributed by atoms with van der Waals surface area (Å²) in [4.78, 5) is 18.2. The van der Waals surface area contributed by atoms with E-state index < -0.39 is 11.9 Å². The summed E-state index contributed by atoms with van der Waals surface area (Å²) in [5.74, 6) is -3.75. The number of methoxy groups -OCH3 is 1. The van der Waals surface area contributed by atoms with E-state index in [0.29, 0.717) is 12.1 Å². The maximum Gasteiger partial charge on any atom is 0.414 e. The highest BCUT2D eigenvalue weighted by molar-refractivity contribution is 6.27. The molecule has 24 heavy (non-hydrogen) atoms. The van der Waals surface area contributed by atoms with Gasteiger partial charge in [-0.25, -0.2) is 14.0 Å². The minimum Gasteiger partial charge on any atom is -0.473 e. The van der Waals surface area contributed by atoms with Crippen molar-refractivity contribution in [3.63, 3.8) is 0 Å². The molecule has 0 amide bonds. The van der Waals surface area contributed by atoms with E-state index in [9.17, 15) is 4.39 Å². The van der Waals surface area contributed by atoms with E-state index in [-0.39, 0.29) is 5.82 Å². The number of carbonyl (C=O) groups is 2. The molecule has 0 heterocycles. The lowest BCUT2D eigenvalue weighted by Gasteiger charge is -2.31. The van der Waals surface area contributed by atoms with Gasteiger partial charge in [-0.3, -0.25) is 0 Å². The molecule has 7 heteroatoms. The van der Waals surface area contributed by atoms with Crippen LogP contribution in [0.3, 0.4) is 0 Å². The monoisotopic (exact) mass is 341 g/mol. The zero-order valence-corrected chi connectivity index (χ0v) is 13.7. The van der Waals surface area contributed by atoms with E-state index in [1.807, 2.05) is 12.1 Å². The number of aliphatic carboxylic acids is 2. The number of carboxylic acids is 2. The van der Waals surface area contributed by atoms with Crippen molar-refractivity contribution in [2.24, 2.45) is 0 Å². The summed E-state index contributed by atoms with van der Waals surface area (Å²) in [7, 11) is 1.78. The van der Waals surface area contributed by atoms with Gasteiger partial charge in [-0.1, -0.05) is 31.0 Å². The molecule has 1 aliphatic rings. The number of hydrogen-bond acceptors (Lipinski definition) is 4. The molecular weight excluding hydrogens is 317 g/mol. The molecule has 0 saturated heterocycles. The molecule has 0 aromatic heterocycles. The first-order valence-corrected chi connectivity index (χ1v) is 7.91. The molecule has 1 fully saturated rings. The average Bonchev–Trinajstić information content (AvgIpc) is 2.57. The van der Waals surface area contributed by atoms with Gasteiger partial charge in [0.1, 0.15) is 5.82 Å². The molecular formula is C17H24FNO5. The van der Waals surface area contributed by atoms with Crippen LogP contribution in [-0.2, 0) is 20.7 Å². The third kappa shape index (κ3) is 7.06. The minimum absolute atomic E-state index is 0.105. The zero-order valence-electron chi connectivity index (χ0n) is 13.7. The zero-order chi connectivity index (χ0) is 17.9. The maximum atomic E-state index is 13.4. The molecule has 2 atom stereocenters. The van der Waals surface area contributed by atoms with Crippen LogP contribution in [0.1, 0.15) is 31.2 Å². The van der Waals surface area contributed by atoms with Crippen LogP contribution in [-0.4, -0.2) is 48.0 Å². The lowest BCUT2D eigenvalue weighted by Crippen LogP contribution is -2.43. The summed E-state index contributed by atoms with van der Waals surface area (Å²) in [6.07, 6.45) is 5.86. The van der Waals surface area contributed by atoms with Crippen LogP contribution in [0.5, 0.6) is 0 Å². The Morgan fingerprint density at radius 3 is 2.42 bits per heavy atom. The van der Waals surface area contributed by atoms with Gasteiger partial charge in [0.2, 0.25) is 0 Å². The summed E-state index contributed by atoms with van der Waals surface area (Å²) in [5, 5.41) is 18.3. The van der Waals surface area contributed by atoms with Crippen LogP contribution in [0.15, 0.2) is 24.3 Å². The first-order chi connectivity index (χ1) is 11.5. The highest BCUT2D eigenvalue weighted by Crippen LogP contribution is 2.20. The van der Waals surface area contributed by atoms with Gasteiger partial charge >= 0.3 is 11.9 Å². The average molecular weight is 341 g/mol. The molecule has 1 aromatic rings. The molecule has 1 aliphatic carbocycles. The number of nitrogens with one attached hydrogen (secondary N) is 1. The summed E-state index contributed by atoms with van der Waals surface area (Å²) in [6.45, 7) is 0.811. The third-order valence-corrected chi connectivity index (χ3v) is 3.95. The molecule has 0 bridgehead atoms. The quantitative estimate of drug-likeness (QED) is 0.710. The summed E-state index contributed by atoms with van der Waals surface area (Å²) in [5.41, 5.74) is 0.787. The van der Waals surface area contributed by atoms with Crippen molar-refractivity contribution < 1.29 is 28.9 Å². The van der Waals surface area contributed by atoms with Crippen LogP contribution >= 0.6 is 0 Å². The number of ether oxygens (including phenoxy) is 1. The minimum atomic E-state index is -1.82. The smallest absolute Gasteiger partial charge is 0.414 e. The van der Waals surface area contributed by atoms with Crippen LogP contribution in [0.25, 0.3) is 0 Å². The van der Waals surface area contributed by atoms with E-state index >= 15 is 0 Å². The Labute approximate surface area is 140 Å². The van der Waals surface area contributed by atoms with E-state index in [4.69, 9.17) is 24.5 Å². The Kier molecular flexibility index (Phi) is 8.96. The molecule has 6 nitrogen and oxygen atoms in total. The van der Waals surface area contributed by atoms with Crippen LogP contribution in [0, 0.1) is 5.82 Å². The van der Waals surface area contributed by atoms with Crippen LogP contribution in [0.4, 0.5) is 4.39 Å². The molecule has 2 unspecified atom stereocenters. The van der Waals surface area contributed by atoms with Crippen molar-refractivity contribution in [1.82, 2.24) is 5.32 Å². The van der Waals surface area contributed by atoms with Crippen molar-refractivity contribution in [2.75, 3.05) is 13.7 Å². The SMILES string of the molecule is COC1CCCCC1NCCc1ccccc1F.O=C(O)C(=O)O. The van der Waals surface area contributed by atoms with E-state index in [0.717, 1.165) is 31.4 Å². The topological polar surface area (TPSA) is 95.9 Å². The highest BCUT2D eigenvalue weighted by Gasteiger charge is 2.23. The van der Waals surface area contributed by atoms with Gasteiger partial charge in [0.15, 0.2) is 0 Å². The first kappa shape index (κ1) is 20.1. The van der Waals surface area contributed by atoms with Crippen LogP contribution in [0.2, 0.25) is 0 Å². The Balaban J connectivity index is 0.000000413. The second-order valence-electron chi connectivity index (χ2n) is 5.57. The first-order valence-electron chi connectivity index (χ1n) is 7.91. The molecule has 0 spiro atoms. The Morgan fingerprint density at radius 2 is 1.83 bits per heavy atom. The number of halogens is 1. The summed E-state index contributed by atoms with van der Waals surface area (Å²) < 4.78 is 18.9. The fourth-order valence-electron chi connectivity index (χ4n) is 2.71. The number of hydrogen-bond donors (Lipinski definition) is 3. The Hall–Kier alpha value is -1.99. The molecule has 1 saturated carbocycles. The largest absolute Gasteiger partial charge is 0.473 e. The van der Waals surface area contributed by atoms with Crippen molar-refractivity contribution in [3.05, 3.63) is 35.6 Å². The summed E-state index contributed by atoms with van der Waals surface area (Å²) >= 11 is 0. The van der Waals surface area contributed by atoms with Crippen molar-refractivity contribution in [1.29, 1.82) is 0 Å². The van der Waals surface area contributed by atoms with Gasteiger partial charge in [-0.2, -0.15) is 0 Å². The van der Waals surface area contributed by atoms with Crippen molar-refractivity contribution in [2.45, 2.75) is 44.2 Å². The molecule has 0 aliphatic heterocycles. The van der Waals surface area contributed by atoms with E-state index in [1.54, 1.807) is 13.2 Å². The van der Waals surface area contributed by atoms with Gasteiger partial charge in [0, 0.05) is 13.2 Å². The fraction of sp³-hybridized carbons (Fsp3) is 0.529. The normalized spacial score (nSPS) is 19.9. The molecule has 134 valence electrons. The molecule has 2 rings (SSSR count). The predicted octanol–water partition coefficient (Wildman–Crippen LogP) is 2.07. The van der Waals surface area contributed by atoms with Gasteiger partial charge in [-0.15, -0.1) is 0 Å². The van der Waals surface area contributed by atoms with Gasteiger partial charge in [0.25, 0.3) is 0 Å². The molecule has 1 aromatic carbocycles. The number of benzene rings is 1.